The summed E-state index contributed by atoms with van der Waals surface area (Å²) in [6.45, 7) is 0.799. The normalized spacial score (nSPS) is 13.7. The molecular formula is C20H20N4O2S. The van der Waals surface area contributed by atoms with E-state index in [-0.39, 0.29) is 18.2 Å². The Morgan fingerprint density at radius 1 is 1.22 bits per heavy atom. The van der Waals surface area contributed by atoms with Gasteiger partial charge in [0.25, 0.3) is 0 Å². The highest BCUT2D eigenvalue weighted by atomic mass is 32.2. The van der Waals surface area contributed by atoms with Gasteiger partial charge in [-0.15, -0.1) is 11.8 Å². The monoisotopic (exact) mass is 380 g/mol. The van der Waals surface area contributed by atoms with E-state index in [0.717, 1.165) is 27.4 Å². The molecule has 3 aromatic rings. The number of nitrogens with one attached hydrogen (secondary N) is 1. The highest BCUT2D eigenvalue weighted by Gasteiger charge is 2.25. The maximum Gasteiger partial charge on any atom is 0.237 e. The van der Waals surface area contributed by atoms with Gasteiger partial charge in [-0.1, -0.05) is 24.3 Å². The number of fused-ring (bicyclic) bond motifs is 2. The summed E-state index contributed by atoms with van der Waals surface area (Å²) in [4.78, 5) is 37.1. The fraction of sp³-hybridized carbons (Fsp3) is 0.250. The van der Waals surface area contributed by atoms with Crippen molar-refractivity contribution in [3.8, 4) is 0 Å². The Balaban J connectivity index is 1.39. The minimum absolute atomic E-state index is 0.0148. The molecule has 0 spiro atoms. The van der Waals surface area contributed by atoms with Crippen LogP contribution in [0.2, 0.25) is 0 Å². The Morgan fingerprint density at radius 3 is 2.85 bits per heavy atom. The molecule has 2 amide bonds. The van der Waals surface area contributed by atoms with Gasteiger partial charge in [-0.05, 0) is 24.3 Å². The number of imidazole rings is 1. The van der Waals surface area contributed by atoms with Crippen LogP contribution in [0, 0.1) is 0 Å². The van der Waals surface area contributed by atoms with E-state index in [2.05, 4.69) is 9.97 Å². The minimum atomic E-state index is -0.0148. The van der Waals surface area contributed by atoms with Crippen LogP contribution in [0.5, 0.6) is 0 Å². The number of aromatic nitrogens is 2. The molecule has 138 valence electrons. The number of carbonyl (C=O) groups is 2. The van der Waals surface area contributed by atoms with Crippen LogP contribution in [-0.4, -0.2) is 46.0 Å². The van der Waals surface area contributed by atoms with Crippen molar-refractivity contribution in [3.05, 3.63) is 54.4 Å². The fourth-order valence-corrected chi connectivity index (χ4v) is 4.13. The van der Waals surface area contributed by atoms with Crippen molar-refractivity contribution >= 4 is 40.3 Å². The summed E-state index contributed by atoms with van der Waals surface area (Å²) in [5, 5.41) is 0. The Hall–Kier alpha value is -2.80. The lowest BCUT2D eigenvalue weighted by Crippen LogP contribution is -2.38. The molecule has 2 heterocycles. The van der Waals surface area contributed by atoms with Crippen LogP contribution < -0.4 is 4.90 Å². The molecule has 0 saturated carbocycles. The van der Waals surface area contributed by atoms with E-state index in [1.807, 2.05) is 48.5 Å². The molecule has 0 bridgehead atoms. The van der Waals surface area contributed by atoms with E-state index in [1.54, 1.807) is 28.6 Å². The maximum absolute atomic E-state index is 12.6. The van der Waals surface area contributed by atoms with Crippen molar-refractivity contribution in [2.45, 2.75) is 17.9 Å². The molecule has 0 radical (unpaired) electrons. The standard InChI is InChI=1S/C20H20N4O2S/c1-23(12-18-21-14-6-2-3-7-15(14)22-18)19(25)10-11-24-16-8-4-5-9-17(16)27-13-20(24)26/h2-9H,10-13H2,1H3,(H,21,22). The minimum Gasteiger partial charge on any atom is -0.340 e. The van der Waals surface area contributed by atoms with Crippen molar-refractivity contribution in [1.82, 2.24) is 14.9 Å². The van der Waals surface area contributed by atoms with E-state index < -0.39 is 0 Å². The van der Waals surface area contributed by atoms with Gasteiger partial charge in [0.1, 0.15) is 5.82 Å². The molecule has 2 aromatic carbocycles. The number of rotatable bonds is 5. The zero-order valence-corrected chi connectivity index (χ0v) is 15.8. The van der Waals surface area contributed by atoms with Gasteiger partial charge < -0.3 is 14.8 Å². The topological polar surface area (TPSA) is 69.3 Å². The second-order valence-corrected chi connectivity index (χ2v) is 7.52. The number of nitrogens with zero attached hydrogens (tertiary/aromatic N) is 3. The summed E-state index contributed by atoms with van der Waals surface area (Å²) in [7, 11) is 1.76. The number of carbonyl (C=O) groups excluding carboxylic acids is 2. The first-order chi connectivity index (χ1) is 13.1. The van der Waals surface area contributed by atoms with Gasteiger partial charge in [0, 0.05) is 24.9 Å². The second-order valence-electron chi connectivity index (χ2n) is 6.50. The molecule has 6 nitrogen and oxygen atoms in total. The van der Waals surface area contributed by atoms with Crippen LogP contribution in [0.4, 0.5) is 5.69 Å². The smallest absolute Gasteiger partial charge is 0.237 e. The third-order valence-electron chi connectivity index (χ3n) is 4.61. The first-order valence-corrected chi connectivity index (χ1v) is 9.80. The van der Waals surface area contributed by atoms with Crippen molar-refractivity contribution in [3.63, 3.8) is 0 Å². The van der Waals surface area contributed by atoms with E-state index in [1.165, 1.54) is 0 Å². The third kappa shape index (κ3) is 3.68. The number of para-hydroxylation sites is 3. The summed E-state index contributed by atoms with van der Waals surface area (Å²) in [6, 6.07) is 15.6. The first-order valence-electron chi connectivity index (χ1n) is 8.81. The van der Waals surface area contributed by atoms with Crippen LogP contribution in [-0.2, 0) is 16.1 Å². The number of amides is 2. The van der Waals surface area contributed by atoms with Gasteiger partial charge in [0.2, 0.25) is 11.8 Å². The summed E-state index contributed by atoms with van der Waals surface area (Å²) in [5.41, 5.74) is 2.74. The summed E-state index contributed by atoms with van der Waals surface area (Å²) in [5.74, 6) is 1.20. The van der Waals surface area contributed by atoms with E-state index in [0.29, 0.717) is 18.8 Å². The molecule has 0 saturated heterocycles. The zero-order chi connectivity index (χ0) is 18.8. The average molecular weight is 380 g/mol. The Kier molecular flexibility index (Phi) is 4.85. The van der Waals surface area contributed by atoms with Gasteiger partial charge in [0.05, 0.1) is 29.0 Å². The number of hydrogen-bond donors (Lipinski definition) is 1. The molecule has 0 aliphatic carbocycles. The van der Waals surface area contributed by atoms with E-state index in [9.17, 15) is 9.59 Å². The van der Waals surface area contributed by atoms with Gasteiger partial charge in [-0.3, -0.25) is 9.59 Å². The number of thioether (sulfide) groups is 1. The lowest BCUT2D eigenvalue weighted by molar-refractivity contribution is -0.130. The van der Waals surface area contributed by atoms with Crippen LogP contribution in [0.25, 0.3) is 11.0 Å². The van der Waals surface area contributed by atoms with Crippen LogP contribution >= 0.6 is 11.8 Å². The van der Waals surface area contributed by atoms with Crippen molar-refractivity contribution < 1.29 is 9.59 Å². The number of anilines is 1. The Labute approximate surface area is 161 Å². The Bertz CT molecular complexity index is 967. The molecular weight excluding hydrogens is 360 g/mol. The molecule has 0 fully saturated rings. The van der Waals surface area contributed by atoms with Gasteiger partial charge >= 0.3 is 0 Å². The SMILES string of the molecule is CN(Cc1nc2ccccc2[nH]1)C(=O)CCN1C(=O)CSc2ccccc21. The quantitative estimate of drug-likeness (QED) is 0.739. The predicted octanol–water partition coefficient (Wildman–Crippen LogP) is 3.05. The molecule has 27 heavy (non-hydrogen) atoms. The number of aromatic amines is 1. The highest BCUT2D eigenvalue weighted by Crippen LogP contribution is 2.34. The van der Waals surface area contributed by atoms with Crippen molar-refractivity contribution in [1.29, 1.82) is 0 Å². The third-order valence-corrected chi connectivity index (χ3v) is 5.66. The van der Waals surface area contributed by atoms with Gasteiger partial charge in [-0.25, -0.2) is 4.98 Å². The van der Waals surface area contributed by atoms with Crippen molar-refractivity contribution in [2.24, 2.45) is 0 Å². The molecule has 1 aliphatic rings. The first kappa shape index (κ1) is 17.6. The molecule has 1 N–H and O–H groups in total. The Morgan fingerprint density at radius 2 is 2.00 bits per heavy atom. The van der Waals surface area contributed by atoms with E-state index in [4.69, 9.17) is 0 Å². The van der Waals surface area contributed by atoms with Crippen LogP contribution in [0.1, 0.15) is 12.2 Å². The fourth-order valence-electron chi connectivity index (χ4n) is 3.19. The molecule has 0 atom stereocenters. The molecule has 1 aliphatic heterocycles. The second kappa shape index (κ2) is 7.44. The largest absolute Gasteiger partial charge is 0.340 e. The number of hydrogen-bond acceptors (Lipinski definition) is 4. The lowest BCUT2D eigenvalue weighted by Gasteiger charge is -2.29. The lowest BCUT2D eigenvalue weighted by atomic mass is 10.2. The number of benzene rings is 2. The summed E-state index contributed by atoms with van der Waals surface area (Å²) >= 11 is 1.55. The summed E-state index contributed by atoms with van der Waals surface area (Å²) < 4.78 is 0. The zero-order valence-electron chi connectivity index (χ0n) is 15.0. The summed E-state index contributed by atoms with van der Waals surface area (Å²) in [6.07, 6.45) is 0.279. The predicted molar refractivity (Wildman–Crippen MR) is 107 cm³/mol. The molecule has 0 unspecified atom stereocenters. The maximum atomic E-state index is 12.6. The highest BCUT2D eigenvalue weighted by molar-refractivity contribution is 8.00. The van der Waals surface area contributed by atoms with Gasteiger partial charge in [-0.2, -0.15) is 0 Å². The number of H-pyrrole nitrogens is 1. The van der Waals surface area contributed by atoms with Gasteiger partial charge in [0.15, 0.2) is 0 Å². The average Bonchev–Trinajstić information content (AvgIpc) is 3.09. The molecule has 7 heteroatoms. The van der Waals surface area contributed by atoms with Crippen LogP contribution in [0.15, 0.2) is 53.4 Å². The molecule has 1 aromatic heterocycles. The van der Waals surface area contributed by atoms with E-state index >= 15 is 0 Å². The van der Waals surface area contributed by atoms with Crippen LogP contribution in [0.3, 0.4) is 0 Å². The molecule has 4 rings (SSSR count). The van der Waals surface area contributed by atoms with Crippen molar-refractivity contribution in [2.75, 3.05) is 24.2 Å².